The molecule has 0 bridgehead atoms. The number of carboxylic acids is 1. The Morgan fingerprint density at radius 2 is 1.96 bits per heavy atom. The molecule has 2 N–H and O–H groups in total. The van der Waals surface area contributed by atoms with Crippen LogP contribution in [0.3, 0.4) is 0 Å². The summed E-state index contributed by atoms with van der Waals surface area (Å²) in [6.45, 7) is 2.69. The maximum atomic E-state index is 12.7. The molecule has 3 rings (SSSR count). The highest BCUT2D eigenvalue weighted by atomic mass is 16.4. The number of nitrogens with one attached hydrogen (secondary N) is 1. The van der Waals surface area contributed by atoms with Gasteiger partial charge in [0.05, 0.1) is 12.1 Å². The molecule has 1 aromatic heterocycles. The highest BCUT2D eigenvalue weighted by molar-refractivity contribution is 6.00. The Kier molecular flexibility index (Phi) is 5.60. The van der Waals surface area contributed by atoms with Crippen molar-refractivity contribution in [2.24, 2.45) is 0 Å². The summed E-state index contributed by atoms with van der Waals surface area (Å²) in [6.07, 6.45) is 1.53. The first-order valence-electron chi connectivity index (χ1n) is 9.22. The Morgan fingerprint density at radius 1 is 1.26 bits per heavy atom. The number of aliphatic carboxylic acids is 1. The highest BCUT2D eigenvalue weighted by Crippen LogP contribution is 2.27. The van der Waals surface area contributed by atoms with Crippen molar-refractivity contribution in [3.8, 4) is 0 Å². The molecule has 0 aliphatic heterocycles. The Hall–Kier alpha value is -2.67. The van der Waals surface area contributed by atoms with E-state index in [2.05, 4.69) is 10.3 Å². The summed E-state index contributed by atoms with van der Waals surface area (Å²) in [5, 5.41) is 13.0. The summed E-state index contributed by atoms with van der Waals surface area (Å²) in [4.78, 5) is 32.0. The number of carbonyl (C=O) groups is 2. The molecule has 0 spiro atoms. The van der Waals surface area contributed by atoms with E-state index in [1.165, 1.54) is 0 Å². The normalized spacial score (nSPS) is 19.0. The first kappa shape index (κ1) is 19.1. The fraction of sp³-hybridized carbons (Fsp3) is 0.450. The number of benzene rings is 1. The summed E-state index contributed by atoms with van der Waals surface area (Å²) in [5.74, 6) is -1.01. The van der Waals surface area contributed by atoms with Crippen LogP contribution in [0.2, 0.25) is 0 Å². The molecule has 1 aliphatic rings. The zero-order valence-corrected chi connectivity index (χ0v) is 16.0. The summed E-state index contributed by atoms with van der Waals surface area (Å²) >= 11 is 0. The number of aromatic nitrogens is 1. The second kappa shape index (κ2) is 7.92. The van der Waals surface area contributed by atoms with Crippen molar-refractivity contribution >= 4 is 28.5 Å². The molecular formula is C20H26N4O3. The van der Waals surface area contributed by atoms with E-state index < -0.39 is 5.97 Å². The van der Waals surface area contributed by atoms with Crippen LogP contribution in [0.1, 0.15) is 30.3 Å². The van der Waals surface area contributed by atoms with Crippen LogP contribution in [-0.4, -0.2) is 66.1 Å². The van der Waals surface area contributed by atoms with Gasteiger partial charge < -0.3 is 15.3 Å². The van der Waals surface area contributed by atoms with E-state index in [0.29, 0.717) is 12.2 Å². The van der Waals surface area contributed by atoms with E-state index >= 15 is 0 Å². The number of carboxylic acid groups (broad SMARTS) is 1. The van der Waals surface area contributed by atoms with Crippen LogP contribution in [0, 0.1) is 0 Å². The molecule has 7 heteroatoms. The van der Waals surface area contributed by atoms with Crippen molar-refractivity contribution in [3.05, 3.63) is 36.0 Å². The molecule has 1 aliphatic carbocycles. The third kappa shape index (κ3) is 4.19. The van der Waals surface area contributed by atoms with E-state index in [0.717, 1.165) is 29.4 Å². The molecular weight excluding hydrogens is 344 g/mol. The minimum atomic E-state index is -0.819. The molecule has 1 fully saturated rings. The standard InChI is InChI=1S/C20H26N4O3/c1-4-24(12-19(25)26)14-9-13(10-14)21-20(27)17-11-18(23(2)3)15-7-5-6-8-16(15)22-17/h5-8,11,13-14H,4,9-10,12H2,1-3H3,(H,21,27)(H,25,26). The van der Waals surface area contributed by atoms with Gasteiger partial charge in [0.2, 0.25) is 0 Å². The summed E-state index contributed by atoms with van der Waals surface area (Å²) in [6, 6.07) is 9.86. The first-order valence-corrected chi connectivity index (χ1v) is 9.22. The number of amides is 1. The van der Waals surface area contributed by atoms with Crippen molar-refractivity contribution in [2.45, 2.75) is 31.8 Å². The lowest BCUT2D eigenvalue weighted by atomic mass is 9.85. The van der Waals surface area contributed by atoms with Crippen LogP contribution < -0.4 is 10.2 Å². The molecule has 1 heterocycles. The molecule has 1 saturated carbocycles. The van der Waals surface area contributed by atoms with Crippen molar-refractivity contribution < 1.29 is 14.7 Å². The van der Waals surface area contributed by atoms with Crippen LogP contribution in [0.4, 0.5) is 5.69 Å². The zero-order valence-electron chi connectivity index (χ0n) is 16.0. The van der Waals surface area contributed by atoms with Crippen LogP contribution in [0.15, 0.2) is 30.3 Å². The molecule has 0 unspecified atom stereocenters. The third-order valence-corrected chi connectivity index (χ3v) is 5.12. The molecule has 0 atom stereocenters. The number of likely N-dealkylation sites (N-methyl/N-ethyl adjacent to an activating group) is 1. The number of nitrogens with zero attached hydrogens (tertiary/aromatic N) is 3. The topological polar surface area (TPSA) is 85.8 Å². The lowest BCUT2D eigenvalue weighted by Crippen LogP contribution is -2.54. The van der Waals surface area contributed by atoms with Gasteiger partial charge in [0.15, 0.2) is 0 Å². The third-order valence-electron chi connectivity index (χ3n) is 5.12. The van der Waals surface area contributed by atoms with E-state index in [1.54, 1.807) is 0 Å². The SMILES string of the molecule is CCN(CC(=O)O)C1CC(NC(=O)c2cc(N(C)C)c3ccccc3n2)C1. The minimum absolute atomic E-state index is 0.0419. The zero-order chi connectivity index (χ0) is 19.6. The first-order chi connectivity index (χ1) is 12.9. The predicted molar refractivity (Wildman–Crippen MR) is 105 cm³/mol. The number of rotatable bonds is 7. The maximum absolute atomic E-state index is 12.7. The number of hydrogen-bond acceptors (Lipinski definition) is 5. The average molecular weight is 370 g/mol. The van der Waals surface area contributed by atoms with Crippen LogP contribution in [0.25, 0.3) is 10.9 Å². The molecule has 7 nitrogen and oxygen atoms in total. The van der Waals surface area contributed by atoms with Crippen molar-refractivity contribution in [1.82, 2.24) is 15.2 Å². The van der Waals surface area contributed by atoms with E-state index in [4.69, 9.17) is 5.11 Å². The molecule has 1 amide bonds. The Labute approximate surface area is 159 Å². The Balaban J connectivity index is 1.68. The van der Waals surface area contributed by atoms with Crippen LogP contribution in [-0.2, 0) is 4.79 Å². The molecule has 27 heavy (non-hydrogen) atoms. The summed E-state index contributed by atoms with van der Waals surface area (Å²) < 4.78 is 0. The number of para-hydroxylation sites is 1. The molecule has 0 saturated heterocycles. The van der Waals surface area contributed by atoms with E-state index in [1.807, 2.05) is 61.2 Å². The van der Waals surface area contributed by atoms with Crippen LogP contribution >= 0.6 is 0 Å². The van der Waals surface area contributed by atoms with Gasteiger partial charge in [0.25, 0.3) is 5.91 Å². The molecule has 1 aromatic carbocycles. The molecule has 0 radical (unpaired) electrons. The Bertz CT molecular complexity index is 846. The summed E-state index contributed by atoms with van der Waals surface area (Å²) in [5.41, 5.74) is 2.15. The minimum Gasteiger partial charge on any atom is -0.480 e. The van der Waals surface area contributed by atoms with Crippen LogP contribution in [0.5, 0.6) is 0 Å². The van der Waals surface area contributed by atoms with Gasteiger partial charge in [-0.1, -0.05) is 25.1 Å². The number of fused-ring (bicyclic) bond motifs is 1. The number of hydrogen-bond donors (Lipinski definition) is 2. The second-order valence-corrected chi connectivity index (χ2v) is 7.19. The fourth-order valence-corrected chi connectivity index (χ4v) is 3.58. The maximum Gasteiger partial charge on any atom is 0.317 e. The number of carbonyl (C=O) groups excluding carboxylic acids is 1. The van der Waals surface area contributed by atoms with Crippen molar-refractivity contribution in [1.29, 1.82) is 0 Å². The van der Waals surface area contributed by atoms with Gasteiger partial charge in [-0.15, -0.1) is 0 Å². The van der Waals surface area contributed by atoms with E-state index in [9.17, 15) is 9.59 Å². The van der Waals surface area contributed by atoms with Gasteiger partial charge in [-0.05, 0) is 31.5 Å². The fourth-order valence-electron chi connectivity index (χ4n) is 3.58. The van der Waals surface area contributed by atoms with Gasteiger partial charge in [-0.25, -0.2) is 4.98 Å². The van der Waals surface area contributed by atoms with Crippen molar-refractivity contribution in [3.63, 3.8) is 0 Å². The number of anilines is 1. The van der Waals surface area contributed by atoms with Gasteiger partial charge >= 0.3 is 5.97 Å². The summed E-state index contributed by atoms with van der Waals surface area (Å²) in [7, 11) is 3.89. The lowest BCUT2D eigenvalue weighted by Gasteiger charge is -2.42. The van der Waals surface area contributed by atoms with Gasteiger partial charge in [0.1, 0.15) is 5.69 Å². The smallest absolute Gasteiger partial charge is 0.317 e. The quantitative estimate of drug-likeness (QED) is 0.775. The largest absolute Gasteiger partial charge is 0.480 e. The van der Waals surface area contributed by atoms with Gasteiger partial charge in [0, 0.05) is 37.3 Å². The average Bonchev–Trinajstić information content (AvgIpc) is 2.61. The predicted octanol–water partition coefficient (Wildman–Crippen LogP) is 1.97. The second-order valence-electron chi connectivity index (χ2n) is 7.19. The van der Waals surface area contributed by atoms with Crippen molar-refractivity contribution in [2.75, 3.05) is 32.1 Å². The van der Waals surface area contributed by atoms with Gasteiger partial charge in [-0.3, -0.25) is 14.5 Å². The number of pyridine rings is 1. The van der Waals surface area contributed by atoms with E-state index in [-0.39, 0.29) is 24.5 Å². The Morgan fingerprint density at radius 3 is 2.59 bits per heavy atom. The molecule has 2 aromatic rings. The molecule has 144 valence electrons. The monoisotopic (exact) mass is 370 g/mol. The van der Waals surface area contributed by atoms with Gasteiger partial charge in [-0.2, -0.15) is 0 Å². The lowest BCUT2D eigenvalue weighted by molar-refractivity contribution is -0.139. The highest BCUT2D eigenvalue weighted by Gasteiger charge is 2.35.